The van der Waals surface area contributed by atoms with Crippen LogP contribution < -0.4 is 0 Å². The molecule has 0 spiro atoms. The quantitative estimate of drug-likeness (QED) is 0.598. The molecule has 0 N–H and O–H groups in total. The second-order valence-electron chi connectivity index (χ2n) is 6.33. The van der Waals surface area contributed by atoms with Gasteiger partial charge in [-0.2, -0.15) is 0 Å². The predicted molar refractivity (Wildman–Crippen MR) is 65.4 cm³/mol. The smallest absolute Gasteiger partial charge is 0.193 e. The summed E-state index contributed by atoms with van der Waals surface area (Å²) < 4.78 is 6.13. The third kappa shape index (κ3) is 2.85. The highest BCUT2D eigenvalue weighted by Gasteiger charge is 2.46. The molecule has 0 amide bonds. The first-order chi connectivity index (χ1) is 7.30. The standard InChI is InChI=1S/C13H24OSi/c1-14-15(8-11-2-3-11,9-12-4-5-12)10-13-6-7-13/h11-13H,2-10H2,1H3. The van der Waals surface area contributed by atoms with Crippen molar-refractivity contribution in [2.24, 2.45) is 17.8 Å². The third-order valence-corrected chi connectivity index (χ3v) is 9.34. The minimum absolute atomic E-state index is 1.08. The van der Waals surface area contributed by atoms with Crippen molar-refractivity contribution in [3.63, 3.8) is 0 Å². The lowest BCUT2D eigenvalue weighted by Crippen LogP contribution is -2.38. The molecule has 0 aromatic carbocycles. The van der Waals surface area contributed by atoms with Crippen molar-refractivity contribution in [2.45, 2.75) is 56.7 Å². The highest BCUT2D eigenvalue weighted by atomic mass is 28.4. The Morgan fingerprint density at radius 2 is 1.13 bits per heavy atom. The summed E-state index contributed by atoms with van der Waals surface area (Å²) in [5.41, 5.74) is 0. The summed E-state index contributed by atoms with van der Waals surface area (Å²) >= 11 is 0. The Kier molecular flexibility index (Phi) is 2.68. The molecule has 3 fully saturated rings. The van der Waals surface area contributed by atoms with Crippen molar-refractivity contribution in [3.05, 3.63) is 0 Å². The van der Waals surface area contributed by atoms with Gasteiger partial charge in [0.05, 0.1) is 0 Å². The first-order valence-corrected chi connectivity index (χ1v) is 9.38. The zero-order valence-electron chi connectivity index (χ0n) is 10.0. The number of rotatable bonds is 7. The van der Waals surface area contributed by atoms with Gasteiger partial charge in [-0.25, -0.2) is 0 Å². The molecule has 3 saturated carbocycles. The molecule has 1 nitrogen and oxygen atoms in total. The molecule has 0 radical (unpaired) electrons. The molecule has 3 aliphatic carbocycles. The van der Waals surface area contributed by atoms with Crippen LogP contribution >= 0.6 is 0 Å². The second-order valence-corrected chi connectivity index (χ2v) is 10.3. The fraction of sp³-hybridized carbons (Fsp3) is 1.00. The van der Waals surface area contributed by atoms with Crippen molar-refractivity contribution >= 4 is 8.32 Å². The summed E-state index contributed by atoms with van der Waals surface area (Å²) in [6, 6.07) is 4.53. The van der Waals surface area contributed by atoms with E-state index in [9.17, 15) is 0 Å². The minimum Gasteiger partial charge on any atom is -0.420 e. The summed E-state index contributed by atoms with van der Waals surface area (Å²) in [4.78, 5) is 0. The molecule has 0 bridgehead atoms. The molecule has 0 unspecified atom stereocenters. The second kappa shape index (κ2) is 3.88. The van der Waals surface area contributed by atoms with E-state index in [4.69, 9.17) is 4.43 Å². The topological polar surface area (TPSA) is 9.23 Å². The van der Waals surface area contributed by atoms with Gasteiger partial charge in [0.15, 0.2) is 8.32 Å². The van der Waals surface area contributed by atoms with Gasteiger partial charge >= 0.3 is 0 Å². The molecule has 0 aromatic heterocycles. The van der Waals surface area contributed by atoms with Crippen molar-refractivity contribution in [3.8, 4) is 0 Å². The highest BCUT2D eigenvalue weighted by molar-refractivity contribution is 6.74. The Bertz CT molecular complexity index is 193. The molecule has 3 rings (SSSR count). The SMILES string of the molecule is CO[Si](CC1CC1)(CC1CC1)CC1CC1. The molecule has 0 heterocycles. The van der Waals surface area contributed by atoms with Crippen LogP contribution in [0.5, 0.6) is 0 Å². The Morgan fingerprint density at radius 3 is 1.33 bits per heavy atom. The summed E-state index contributed by atoms with van der Waals surface area (Å²) in [5, 5.41) is 0. The maximum atomic E-state index is 6.13. The molecule has 0 atom stereocenters. The van der Waals surface area contributed by atoms with Crippen LogP contribution in [-0.4, -0.2) is 15.4 Å². The lowest BCUT2D eigenvalue weighted by molar-refractivity contribution is 0.379. The van der Waals surface area contributed by atoms with Crippen LogP contribution in [0.2, 0.25) is 18.1 Å². The van der Waals surface area contributed by atoms with E-state index in [-0.39, 0.29) is 0 Å². The van der Waals surface area contributed by atoms with E-state index in [1.807, 2.05) is 7.11 Å². The zero-order valence-corrected chi connectivity index (χ0v) is 11.0. The van der Waals surface area contributed by atoms with Gasteiger partial charge in [-0.05, 0) is 35.9 Å². The van der Waals surface area contributed by atoms with Crippen molar-refractivity contribution in [2.75, 3.05) is 7.11 Å². The maximum Gasteiger partial charge on any atom is 0.193 e. The van der Waals surface area contributed by atoms with Crippen LogP contribution in [-0.2, 0) is 4.43 Å². The van der Waals surface area contributed by atoms with Crippen LogP contribution in [0.25, 0.3) is 0 Å². The van der Waals surface area contributed by atoms with Gasteiger partial charge in [-0.3, -0.25) is 0 Å². The molecule has 0 saturated heterocycles. The molecule has 0 aromatic rings. The van der Waals surface area contributed by atoms with Crippen molar-refractivity contribution in [1.29, 1.82) is 0 Å². The van der Waals surface area contributed by atoms with Gasteiger partial charge in [-0.1, -0.05) is 38.5 Å². The van der Waals surface area contributed by atoms with Crippen molar-refractivity contribution in [1.82, 2.24) is 0 Å². The van der Waals surface area contributed by atoms with E-state index in [2.05, 4.69) is 0 Å². The Hall–Kier alpha value is 0.177. The maximum absolute atomic E-state index is 6.13. The number of hydrogen-bond donors (Lipinski definition) is 0. The van der Waals surface area contributed by atoms with Crippen LogP contribution in [0, 0.1) is 17.8 Å². The summed E-state index contributed by atoms with van der Waals surface area (Å²) in [7, 11) is 0.756. The zero-order chi connectivity index (χ0) is 10.3. The van der Waals surface area contributed by atoms with Crippen LogP contribution in [0.4, 0.5) is 0 Å². The average molecular weight is 224 g/mol. The van der Waals surface area contributed by atoms with Gasteiger partial charge in [0.2, 0.25) is 0 Å². The van der Waals surface area contributed by atoms with Gasteiger partial charge in [0.1, 0.15) is 0 Å². The first-order valence-electron chi connectivity index (χ1n) is 6.85. The van der Waals surface area contributed by atoms with E-state index < -0.39 is 8.32 Å². The van der Waals surface area contributed by atoms with E-state index in [1.165, 1.54) is 56.7 Å². The Labute approximate surface area is 94.7 Å². The van der Waals surface area contributed by atoms with E-state index >= 15 is 0 Å². The third-order valence-electron chi connectivity index (χ3n) is 4.51. The minimum atomic E-state index is -1.27. The largest absolute Gasteiger partial charge is 0.420 e. The van der Waals surface area contributed by atoms with Crippen LogP contribution in [0.1, 0.15) is 38.5 Å². The molecule has 2 heteroatoms. The van der Waals surface area contributed by atoms with Crippen LogP contribution in [0.15, 0.2) is 0 Å². The summed E-state index contributed by atoms with van der Waals surface area (Å²) in [6.45, 7) is 0. The molecular weight excluding hydrogens is 200 g/mol. The molecular formula is C13H24OSi. The Balaban J connectivity index is 1.62. The van der Waals surface area contributed by atoms with Gasteiger partial charge < -0.3 is 4.43 Å². The monoisotopic (exact) mass is 224 g/mol. The van der Waals surface area contributed by atoms with Gasteiger partial charge in [-0.15, -0.1) is 0 Å². The van der Waals surface area contributed by atoms with E-state index in [1.54, 1.807) is 0 Å². The van der Waals surface area contributed by atoms with Gasteiger partial charge in [0, 0.05) is 7.11 Å². The summed E-state index contributed by atoms with van der Waals surface area (Å²) in [5.74, 6) is 3.23. The molecule has 15 heavy (non-hydrogen) atoms. The molecule has 86 valence electrons. The average Bonchev–Trinajstić information content (AvgIpc) is 3.04. The lowest BCUT2D eigenvalue weighted by Gasteiger charge is -2.30. The van der Waals surface area contributed by atoms with Gasteiger partial charge in [0.25, 0.3) is 0 Å². The van der Waals surface area contributed by atoms with E-state index in [0.717, 1.165) is 17.8 Å². The summed E-state index contributed by atoms with van der Waals surface area (Å²) in [6.07, 6.45) is 9.04. The fourth-order valence-electron chi connectivity index (χ4n) is 3.04. The fourth-order valence-corrected chi connectivity index (χ4v) is 8.43. The normalized spacial score (nSPS) is 27.0. The first kappa shape index (κ1) is 10.3. The van der Waals surface area contributed by atoms with E-state index in [0.29, 0.717) is 0 Å². The van der Waals surface area contributed by atoms with Crippen molar-refractivity contribution < 1.29 is 4.43 Å². The predicted octanol–water partition coefficient (Wildman–Crippen LogP) is 3.81. The highest BCUT2D eigenvalue weighted by Crippen LogP contribution is 2.49. The molecule has 0 aliphatic heterocycles. The molecule has 3 aliphatic rings. The number of hydrogen-bond acceptors (Lipinski definition) is 1. The Morgan fingerprint density at radius 1 is 0.800 bits per heavy atom. The van der Waals surface area contributed by atoms with Crippen LogP contribution in [0.3, 0.4) is 0 Å². The lowest BCUT2D eigenvalue weighted by atomic mass is 10.5.